The molecule has 0 amide bonds. The lowest BCUT2D eigenvalue weighted by atomic mass is 9.99. The van der Waals surface area contributed by atoms with E-state index in [1.54, 1.807) is 0 Å². The molecule has 0 N–H and O–H groups in total. The van der Waals surface area contributed by atoms with Crippen LogP contribution in [0.15, 0.2) is 0 Å². The molecule has 0 unspecified atom stereocenters. The predicted molar refractivity (Wildman–Crippen MR) is 38.9 cm³/mol. The van der Waals surface area contributed by atoms with Gasteiger partial charge in [-0.1, -0.05) is 19.8 Å². The Labute approximate surface area is 61.6 Å². The zero-order valence-corrected chi connectivity index (χ0v) is 6.31. The van der Waals surface area contributed by atoms with Crippen LogP contribution in [0.5, 0.6) is 0 Å². The molecule has 0 fully saturated rings. The number of carbonyl (C=O) groups excluding carboxylic acids is 1. The highest BCUT2D eigenvalue weighted by Gasteiger charge is 2.24. The van der Waals surface area contributed by atoms with Crippen molar-refractivity contribution < 1.29 is 9.53 Å². The van der Waals surface area contributed by atoms with Crippen molar-refractivity contribution in [3.05, 3.63) is 0 Å². The van der Waals surface area contributed by atoms with Gasteiger partial charge in [0.05, 0.1) is 0 Å². The van der Waals surface area contributed by atoms with Gasteiger partial charge in [0.2, 0.25) is 0 Å². The largest absolute Gasteiger partial charge is 0.437 e. The lowest BCUT2D eigenvalue weighted by Crippen LogP contribution is -2.28. The van der Waals surface area contributed by atoms with Crippen LogP contribution in [0.1, 0.15) is 26.7 Å². The Morgan fingerprint density at radius 1 is 1.50 bits per heavy atom. The van der Waals surface area contributed by atoms with E-state index < -0.39 is 5.60 Å². The predicted octanol–water partition coefficient (Wildman–Crippen LogP) is 1.26. The minimum atomic E-state index is -0.720. The molecule has 0 aliphatic rings. The van der Waals surface area contributed by atoms with E-state index in [2.05, 4.69) is 10.7 Å². The normalized spacial score (nSPS) is 10.1. The van der Waals surface area contributed by atoms with Crippen LogP contribution in [-0.2, 0) is 9.53 Å². The average molecular weight is 139 g/mol. The zero-order chi connectivity index (χ0) is 8.04. The highest BCUT2D eigenvalue weighted by atomic mass is 16.5. The quantitative estimate of drug-likeness (QED) is 0.548. The van der Waals surface area contributed by atoms with Crippen LogP contribution in [-0.4, -0.2) is 12.1 Å². The summed E-state index contributed by atoms with van der Waals surface area (Å²) in [4.78, 5) is 9.85. The fraction of sp³-hybridized carbons (Fsp3) is 0.625. The molecule has 0 saturated heterocycles. The van der Waals surface area contributed by atoms with Gasteiger partial charge in [-0.3, -0.25) is 0 Å². The molecule has 0 saturated carbocycles. The molecule has 1 radical (unpaired) electrons. The Morgan fingerprint density at radius 3 is 2.10 bits per heavy atom. The van der Waals surface area contributed by atoms with Gasteiger partial charge in [-0.25, -0.2) is 4.79 Å². The topological polar surface area (TPSA) is 26.3 Å². The fourth-order valence-electron chi connectivity index (χ4n) is 0.708. The summed E-state index contributed by atoms with van der Waals surface area (Å²) in [5.41, 5.74) is -0.720. The van der Waals surface area contributed by atoms with Crippen molar-refractivity contribution in [1.82, 2.24) is 0 Å². The average Bonchev–Trinajstić information content (AvgIpc) is 2.01. The number of rotatable bonds is 4. The molecular formula is C8H11O2. The Bertz CT molecular complexity index is 140. The fourth-order valence-corrected chi connectivity index (χ4v) is 0.708. The van der Waals surface area contributed by atoms with Crippen molar-refractivity contribution in [3.8, 4) is 12.3 Å². The Hall–Kier alpha value is -0.970. The van der Waals surface area contributed by atoms with Gasteiger partial charge in [0.1, 0.15) is 0 Å². The van der Waals surface area contributed by atoms with E-state index in [-0.39, 0.29) is 0 Å². The highest BCUT2D eigenvalue weighted by Crippen LogP contribution is 2.17. The van der Waals surface area contributed by atoms with Gasteiger partial charge in [-0.05, 0) is 12.8 Å². The van der Waals surface area contributed by atoms with Gasteiger partial charge >= 0.3 is 6.47 Å². The summed E-state index contributed by atoms with van der Waals surface area (Å²) in [5.74, 6) is 2.43. The summed E-state index contributed by atoms with van der Waals surface area (Å²) in [6.07, 6.45) is 6.43. The number of hydrogen-bond acceptors (Lipinski definition) is 2. The van der Waals surface area contributed by atoms with Crippen molar-refractivity contribution >= 4 is 6.47 Å². The second kappa shape index (κ2) is 3.94. The van der Waals surface area contributed by atoms with E-state index in [0.29, 0.717) is 12.8 Å². The Kier molecular flexibility index (Phi) is 3.56. The van der Waals surface area contributed by atoms with Crippen LogP contribution in [0.4, 0.5) is 0 Å². The molecular weight excluding hydrogens is 128 g/mol. The third-order valence-corrected chi connectivity index (χ3v) is 1.64. The monoisotopic (exact) mass is 139 g/mol. The maximum atomic E-state index is 9.85. The smallest absolute Gasteiger partial charge is 0.419 e. The molecule has 0 rings (SSSR count). The van der Waals surface area contributed by atoms with Crippen LogP contribution in [0.3, 0.4) is 0 Å². The standard InChI is InChI=1S/C8H11O2/c1-4-8(5-2,6-3)10-7-9/h1H,5-6H2,2-3H3. The molecule has 0 spiro atoms. The molecule has 0 aromatic rings. The number of ether oxygens (including phenoxy) is 1. The highest BCUT2D eigenvalue weighted by molar-refractivity contribution is 5.41. The van der Waals surface area contributed by atoms with Crippen LogP contribution >= 0.6 is 0 Å². The third-order valence-electron chi connectivity index (χ3n) is 1.64. The summed E-state index contributed by atoms with van der Waals surface area (Å²) >= 11 is 0. The van der Waals surface area contributed by atoms with Crippen molar-refractivity contribution in [2.45, 2.75) is 32.3 Å². The SMILES string of the molecule is C#CC(CC)(CC)O[C]=O. The second-order valence-corrected chi connectivity index (χ2v) is 2.03. The molecule has 10 heavy (non-hydrogen) atoms. The van der Waals surface area contributed by atoms with Gasteiger partial charge in [0, 0.05) is 0 Å². The molecule has 0 aromatic heterocycles. The number of terminal acetylenes is 1. The molecule has 2 nitrogen and oxygen atoms in total. The van der Waals surface area contributed by atoms with Crippen LogP contribution in [0.2, 0.25) is 0 Å². The van der Waals surface area contributed by atoms with E-state index in [1.165, 1.54) is 6.47 Å². The van der Waals surface area contributed by atoms with Crippen molar-refractivity contribution in [2.75, 3.05) is 0 Å². The van der Waals surface area contributed by atoms with E-state index in [4.69, 9.17) is 6.42 Å². The lowest BCUT2D eigenvalue weighted by molar-refractivity contribution is 0.101. The van der Waals surface area contributed by atoms with Crippen molar-refractivity contribution in [1.29, 1.82) is 0 Å². The van der Waals surface area contributed by atoms with Gasteiger partial charge in [0.15, 0.2) is 5.60 Å². The van der Waals surface area contributed by atoms with E-state index >= 15 is 0 Å². The summed E-state index contributed by atoms with van der Waals surface area (Å²) in [6.45, 7) is 5.12. The zero-order valence-electron chi connectivity index (χ0n) is 6.31. The first-order valence-electron chi connectivity index (χ1n) is 3.27. The van der Waals surface area contributed by atoms with E-state index in [0.717, 1.165) is 0 Å². The molecule has 55 valence electrons. The lowest BCUT2D eigenvalue weighted by Gasteiger charge is -2.21. The molecule has 2 heteroatoms. The minimum Gasteiger partial charge on any atom is -0.437 e. The van der Waals surface area contributed by atoms with Gasteiger partial charge in [-0.15, -0.1) is 6.42 Å². The first-order valence-corrected chi connectivity index (χ1v) is 3.27. The summed E-state index contributed by atoms with van der Waals surface area (Å²) in [7, 11) is 0. The molecule has 0 bridgehead atoms. The summed E-state index contributed by atoms with van der Waals surface area (Å²) in [5, 5.41) is 0. The second-order valence-electron chi connectivity index (χ2n) is 2.03. The molecule has 0 aliphatic heterocycles. The third kappa shape index (κ3) is 1.77. The Morgan fingerprint density at radius 2 is 2.00 bits per heavy atom. The van der Waals surface area contributed by atoms with Gasteiger partial charge in [-0.2, -0.15) is 0 Å². The molecule has 0 aliphatic carbocycles. The first kappa shape index (κ1) is 9.03. The Balaban J connectivity index is 4.18. The van der Waals surface area contributed by atoms with E-state index in [1.807, 2.05) is 13.8 Å². The molecule has 0 heterocycles. The van der Waals surface area contributed by atoms with Crippen LogP contribution in [0, 0.1) is 12.3 Å². The van der Waals surface area contributed by atoms with Gasteiger partial charge < -0.3 is 4.74 Å². The van der Waals surface area contributed by atoms with Crippen LogP contribution < -0.4 is 0 Å². The summed E-state index contributed by atoms with van der Waals surface area (Å²) in [6, 6.07) is 0. The maximum absolute atomic E-state index is 9.85. The van der Waals surface area contributed by atoms with Crippen LogP contribution in [0.25, 0.3) is 0 Å². The molecule has 0 aromatic carbocycles. The summed E-state index contributed by atoms with van der Waals surface area (Å²) < 4.78 is 4.64. The van der Waals surface area contributed by atoms with Gasteiger partial charge in [0.25, 0.3) is 0 Å². The number of hydrogen-bond donors (Lipinski definition) is 0. The van der Waals surface area contributed by atoms with Crippen molar-refractivity contribution in [3.63, 3.8) is 0 Å². The molecule has 0 atom stereocenters. The first-order chi connectivity index (χ1) is 4.74. The minimum absolute atomic E-state index is 0.634. The van der Waals surface area contributed by atoms with E-state index in [9.17, 15) is 4.79 Å². The van der Waals surface area contributed by atoms with Crippen molar-refractivity contribution in [2.24, 2.45) is 0 Å². The maximum Gasteiger partial charge on any atom is 0.419 e.